The molecule has 0 spiro atoms. The predicted octanol–water partition coefficient (Wildman–Crippen LogP) is 1.33. The van der Waals surface area contributed by atoms with Gasteiger partial charge in [-0.15, -0.1) is 0 Å². The highest BCUT2D eigenvalue weighted by atomic mass is 35.5. The van der Waals surface area contributed by atoms with Gasteiger partial charge in [0.25, 0.3) is 0 Å². The maximum Gasteiger partial charge on any atom is 0.233 e. The zero-order valence-corrected chi connectivity index (χ0v) is 11.1. The van der Waals surface area contributed by atoms with Gasteiger partial charge in [0.1, 0.15) is 11.7 Å². The molecule has 1 aromatic rings. The molecule has 2 N–H and O–H groups in total. The molecule has 1 aliphatic rings. The molecule has 1 heterocycles. The Bertz CT molecular complexity index is 427. The fraction of sp³-hybridized carbons (Fsp3) is 0.385. The third-order valence-corrected chi connectivity index (χ3v) is 3.09. The van der Waals surface area contributed by atoms with Crippen LogP contribution in [0.25, 0.3) is 0 Å². The summed E-state index contributed by atoms with van der Waals surface area (Å²) in [5, 5.41) is 12.3. The zero-order valence-electron chi connectivity index (χ0n) is 10.3. The van der Waals surface area contributed by atoms with Crippen LogP contribution in [0.5, 0.6) is 0 Å². The standard InChI is InChI=1S/C7H7Cl.C6H9NO3/c1-6-4-2-3-5-7(6)8;1-3(8)5-4(9)2-7-6(5)10/h2-5H,1H3;4-5,9H,2H2,1H3,(H,7,10). The summed E-state index contributed by atoms with van der Waals surface area (Å²) in [7, 11) is 0. The van der Waals surface area contributed by atoms with Crippen molar-refractivity contribution in [2.24, 2.45) is 5.92 Å². The molecule has 2 unspecified atom stereocenters. The summed E-state index contributed by atoms with van der Waals surface area (Å²) in [5.41, 5.74) is 1.13. The Labute approximate surface area is 111 Å². The van der Waals surface area contributed by atoms with Crippen molar-refractivity contribution >= 4 is 23.3 Å². The number of carbonyl (C=O) groups excluding carboxylic acids is 2. The summed E-state index contributed by atoms with van der Waals surface area (Å²) < 4.78 is 0. The molecule has 1 aliphatic heterocycles. The van der Waals surface area contributed by atoms with E-state index in [4.69, 9.17) is 16.7 Å². The predicted molar refractivity (Wildman–Crippen MR) is 69.4 cm³/mol. The Morgan fingerprint density at radius 2 is 2.06 bits per heavy atom. The Morgan fingerprint density at radius 1 is 1.44 bits per heavy atom. The smallest absolute Gasteiger partial charge is 0.233 e. The monoisotopic (exact) mass is 269 g/mol. The average Bonchev–Trinajstić information content (AvgIpc) is 2.63. The number of halogens is 1. The lowest BCUT2D eigenvalue weighted by molar-refractivity contribution is -0.132. The van der Waals surface area contributed by atoms with Crippen LogP contribution >= 0.6 is 11.6 Å². The molecular formula is C13H16ClNO3. The van der Waals surface area contributed by atoms with E-state index in [1.807, 2.05) is 31.2 Å². The number of benzene rings is 1. The van der Waals surface area contributed by atoms with Crippen molar-refractivity contribution in [1.82, 2.24) is 5.32 Å². The Morgan fingerprint density at radius 3 is 2.33 bits per heavy atom. The lowest BCUT2D eigenvalue weighted by atomic mass is 10.0. The minimum Gasteiger partial charge on any atom is -0.390 e. The van der Waals surface area contributed by atoms with E-state index in [-0.39, 0.29) is 18.2 Å². The number of Topliss-reactive ketones (excluding diaryl/α,β-unsaturated/α-hetero) is 1. The first-order valence-corrected chi connectivity index (χ1v) is 5.98. The molecular weight excluding hydrogens is 254 g/mol. The van der Waals surface area contributed by atoms with Gasteiger partial charge in [0.2, 0.25) is 5.91 Å². The van der Waals surface area contributed by atoms with Crippen LogP contribution in [0.15, 0.2) is 24.3 Å². The van der Waals surface area contributed by atoms with E-state index in [2.05, 4.69) is 5.32 Å². The first-order valence-electron chi connectivity index (χ1n) is 5.61. The van der Waals surface area contributed by atoms with Crippen molar-refractivity contribution in [2.45, 2.75) is 20.0 Å². The van der Waals surface area contributed by atoms with E-state index in [1.165, 1.54) is 6.92 Å². The van der Waals surface area contributed by atoms with Gasteiger partial charge < -0.3 is 10.4 Å². The third-order valence-electron chi connectivity index (χ3n) is 2.67. The normalized spacial score (nSPS) is 21.9. The third kappa shape index (κ3) is 3.82. The van der Waals surface area contributed by atoms with Gasteiger partial charge >= 0.3 is 0 Å². The summed E-state index contributed by atoms with van der Waals surface area (Å²) in [6, 6.07) is 7.77. The number of β-amino-alcohol motifs (C(OH)–C–C–N with tert-alkyl or cyclic N) is 1. The van der Waals surface area contributed by atoms with E-state index >= 15 is 0 Å². The molecule has 98 valence electrons. The SMILES string of the molecule is CC(=O)C1C(=O)NCC1O.Cc1ccccc1Cl. The zero-order chi connectivity index (χ0) is 13.7. The Balaban J connectivity index is 0.000000184. The summed E-state index contributed by atoms with van der Waals surface area (Å²) in [6.07, 6.45) is -0.829. The number of ketones is 1. The van der Waals surface area contributed by atoms with Crippen molar-refractivity contribution in [2.75, 3.05) is 6.54 Å². The fourth-order valence-electron chi connectivity index (χ4n) is 1.61. The van der Waals surface area contributed by atoms with Gasteiger partial charge in [0, 0.05) is 11.6 Å². The van der Waals surface area contributed by atoms with Crippen molar-refractivity contribution in [3.63, 3.8) is 0 Å². The van der Waals surface area contributed by atoms with Crippen molar-refractivity contribution in [3.05, 3.63) is 34.9 Å². The first-order chi connectivity index (χ1) is 8.43. The largest absolute Gasteiger partial charge is 0.390 e. The van der Waals surface area contributed by atoms with Crippen molar-refractivity contribution in [1.29, 1.82) is 0 Å². The average molecular weight is 270 g/mol. The molecule has 1 fully saturated rings. The second-order valence-corrected chi connectivity index (χ2v) is 4.56. The lowest BCUT2D eigenvalue weighted by Gasteiger charge is -2.04. The van der Waals surface area contributed by atoms with E-state index in [0.717, 1.165) is 10.6 Å². The molecule has 2 atom stereocenters. The van der Waals surface area contributed by atoms with E-state index in [1.54, 1.807) is 0 Å². The maximum atomic E-state index is 10.7. The van der Waals surface area contributed by atoms with Gasteiger partial charge in [0.05, 0.1) is 6.10 Å². The van der Waals surface area contributed by atoms with Crippen molar-refractivity contribution in [3.8, 4) is 0 Å². The van der Waals surface area contributed by atoms with Gasteiger partial charge in [-0.3, -0.25) is 9.59 Å². The number of nitrogens with one attached hydrogen (secondary N) is 1. The fourth-order valence-corrected chi connectivity index (χ4v) is 1.75. The molecule has 1 aromatic carbocycles. The molecule has 1 amide bonds. The van der Waals surface area contributed by atoms with Crippen LogP contribution in [0.2, 0.25) is 5.02 Å². The summed E-state index contributed by atoms with van der Waals surface area (Å²) in [4.78, 5) is 21.4. The molecule has 4 nitrogen and oxygen atoms in total. The number of hydrogen-bond acceptors (Lipinski definition) is 3. The van der Waals surface area contributed by atoms with Crippen LogP contribution in [-0.2, 0) is 9.59 Å². The van der Waals surface area contributed by atoms with Gasteiger partial charge in [-0.25, -0.2) is 0 Å². The van der Waals surface area contributed by atoms with Gasteiger partial charge in [-0.2, -0.15) is 0 Å². The highest BCUT2D eigenvalue weighted by molar-refractivity contribution is 6.31. The number of aliphatic hydroxyl groups is 1. The van der Waals surface area contributed by atoms with Crippen LogP contribution in [0.1, 0.15) is 12.5 Å². The molecule has 1 saturated heterocycles. The number of amides is 1. The number of carbonyl (C=O) groups is 2. The molecule has 2 rings (SSSR count). The van der Waals surface area contributed by atoms with E-state index < -0.39 is 12.0 Å². The Hall–Kier alpha value is -1.39. The first kappa shape index (κ1) is 14.7. The molecule has 0 saturated carbocycles. The number of aliphatic hydroxyl groups excluding tert-OH is 1. The molecule has 0 bridgehead atoms. The number of hydrogen-bond donors (Lipinski definition) is 2. The topological polar surface area (TPSA) is 66.4 Å². The summed E-state index contributed by atoms with van der Waals surface area (Å²) >= 11 is 5.71. The van der Waals surface area contributed by atoms with Gasteiger partial charge in [-0.05, 0) is 25.5 Å². The van der Waals surface area contributed by atoms with E-state index in [9.17, 15) is 9.59 Å². The van der Waals surface area contributed by atoms with Crippen LogP contribution in [-0.4, -0.2) is 29.4 Å². The molecule has 18 heavy (non-hydrogen) atoms. The van der Waals surface area contributed by atoms with Crippen LogP contribution in [0, 0.1) is 12.8 Å². The maximum absolute atomic E-state index is 10.7. The van der Waals surface area contributed by atoms with E-state index in [0.29, 0.717) is 0 Å². The highest BCUT2D eigenvalue weighted by Gasteiger charge is 2.36. The number of aryl methyl sites for hydroxylation is 1. The number of rotatable bonds is 1. The van der Waals surface area contributed by atoms with Crippen molar-refractivity contribution < 1.29 is 14.7 Å². The van der Waals surface area contributed by atoms with Gasteiger partial charge in [-0.1, -0.05) is 29.8 Å². The Kier molecular flexibility index (Phi) is 5.31. The second-order valence-electron chi connectivity index (χ2n) is 4.15. The van der Waals surface area contributed by atoms with Crippen LogP contribution < -0.4 is 5.32 Å². The van der Waals surface area contributed by atoms with Crippen LogP contribution in [0.4, 0.5) is 0 Å². The summed E-state index contributed by atoms with van der Waals surface area (Å²) in [5.74, 6) is -1.47. The molecule has 5 heteroatoms. The quantitative estimate of drug-likeness (QED) is 0.756. The molecule has 0 radical (unpaired) electrons. The minimum atomic E-state index is -0.833. The van der Waals surface area contributed by atoms with Gasteiger partial charge in [0.15, 0.2) is 0 Å². The van der Waals surface area contributed by atoms with Crippen LogP contribution in [0.3, 0.4) is 0 Å². The second kappa shape index (κ2) is 6.52. The molecule has 0 aromatic heterocycles. The summed E-state index contributed by atoms with van der Waals surface area (Å²) in [6.45, 7) is 3.49. The lowest BCUT2D eigenvalue weighted by Crippen LogP contribution is -2.28. The minimum absolute atomic E-state index is 0.198. The molecule has 0 aliphatic carbocycles. The highest BCUT2D eigenvalue weighted by Crippen LogP contribution is 2.12.